The predicted molar refractivity (Wildman–Crippen MR) is 195 cm³/mol. The molecule has 1 saturated heterocycles. The summed E-state index contributed by atoms with van der Waals surface area (Å²) < 4.78 is 62.1. The number of allylic oxidation sites excluding steroid dienone is 1. The standard InChI is InChI=1S/C40H45F3N4O5/c1-39(2,3)52-38(49)46(21-10-13-35(48)44-4)22-24-50-32-18-15-29(16-19-32)37(33(26-40(41,42)43)28-11-6-5-7-12-28)30-17-20-34-31(25-30)27-45-47(34)36-14-8-9-23-51-36/h5-7,10-13,15-20,25,27,36H,8-9,14,21-24,26H2,1-4H3,(H,44,48)/b13-10+,37-33+. The summed E-state index contributed by atoms with van der Waals surface area (Å²) in [6.45, 7) is 6.33. The number of nitrogens with zero attached hydrogens (tertiary/aromatic N) is 3. The monoisotopic (exact) mass is 718 g/mol. The number of alkyl halides is 3. The number of amides is 2. The first kappa shape index (κ1) is 38.1. The zero-order valence-corrected chi connectivity index (χ0v) is 29.9. The van der Waals surface area contributed by atoms with Crippen LogP contribution in [0.2, 0.25) is 0 Å². The lowest BCUT2D eigenvalue weighted by Gasteiger charge is -2.26. The maximum absolute atomic E-state index is 14.3. The molecule has 0 saturated carbocycles. The third-order valence-electron chi connectivity index (χ3n) is 8.38. The van der Waals surface area contributed by atoms with Crippen LogP contribution < -0.4 is 10.1 Å². The number of halogens is 3. The lowest BCUT2D eigenvalue weighted by atomic mass is 9.87. The Morgan fingerprint density at radius 1 is 1.00 bits per heavy atom. The number of benzene rings is 3. The minimum atomic E-state index is -4.47. The molecule has 1 aliphatic heterocycles. The Morgan fingerprint density at radius 3 is 2.38 bits per heavy atom. The largest absolute Gasteiger partial charge is 0.492 e. The number of carbonyl (C=O) groups excluding carboxylic acids is 2. The molecule has 5 rings (SSSR count). The number of carbonyl (C=O) groups is 2. The summed E-state index contributed by atoms with van der Waals surface area (Å²) in [5.74, 6) is 0.165. The molecule has 4 aromatic rings. The van der Waals surface area contributed by atoms with Gasteiger partial charge in [-0.1, -0.05) is 54.6 Å². The normalized spacial score (nSPS) is 15.7. The molecule has 1 atom stereocenters. The number of likely N-dealkylation sites (N-methyl/N-ethyl adjacent to an activating group) is 1. The molecule has 2 amide bonds. The van der Waals surface area contributed by atoms with Crippen LogP contribution in [0.3, 0.4) is 0 Å². The highest BCUT2D eigenvalue weighted by molar-refractivity contribution is 6.00. The van der Waals surface area contributed by atoms with Crippen molar-refractivity contribution in [2.75, 3.05) is 33.4 Å². The number of aromatic nitrogens is 2. The van der Waals surface area contributed by atoms with Crippen molar-refractivity contribution in [3.8, 4) is 5.75 Å². The van der Waals surface area contributed by atoms with E-state index >= 15 is 0 Å². The van der Waals surface area contributed by atoms with Crippen LogP contribution in [0.4, 0.5) is 18.0 Å². The van der Waals surface area contributed by atoms with Gasteiger partial charge in [0.15, 0.2) is 6.23 Å². The maximum atomic E-state index is 14.3. The Labute approximate surface area is 302 Å². The van der Waals surface area contributed by atoms with Crippen LogP contribution in [0, 0.1) is 0 Å². The topological polar surface area (TPSA) is 94.9 Å². The summed E-state index contributed by atoms with van der Waals surface area (Å²) in [5.41, 5.74) is 2.37. The van der Waals surface area contributed by atoms with E-state index in [9.17, 15) is 22.8 Å². The second-order valence-electron chi connectivity index (χ2n) is 13.5. The number of fused-ring (bicyclic) bond motifs is 1. The van der Waals surface area contributed by atoms with Crippen molar-refractivity contribution in [3.63, 3.8) is 0 Å². The molecular formula is C40H45F3N4O5. The highest BCUT2D eigenvalue weighted by Crippen LogP contribution is 2.40. The van der Waals surface area contributed by atoms with Crippen LogP contribution in [-0.4, -0.2) is 71.8 Å². The quantitative estimate of drug-likeness (QED) is 0.117. The van der Waals surface area contributed by atoms with Crippen LogP contribution in [-0.2, 0) is 14.3 Å². The molecule has 1 unspecified atom stereocenters. The van der Waals surface area contributed by atoms with Gasteiger partial charge in [-0.15, -0.1) is 0 Å². The first-order chi connectivity index (χ1) is 24.8. The lowest BCUT2D eigenvalue weighted by Crippen LogP contribution is -2.39. The van der Waals surface area contributed by atoms with E-state index in [0.29, 0.717) is 34.6 Å². The van der Waals surface area contributed by atoms with Crippen LogP contribution in [0.1, 0.15) is 69.4 Å². The third-order valence-corrected chi connectivity index (χ3v) is 8.38. The summed E-state index contributed by atoms with van der Waals surface area (Å²) in [4.78, 5) is 25.9. The molecule has 1 aliphatic rings. The van der Waals surface area contributed by atoms with E-state index in [2.05, 4.69) is 10.4 Å². The first-order valence-electron chi connectivity index (χ1n) is 17.4. The summed E-state index contributed by atoms with van der Waals surface area (Å²) in [6.07, 6.45) is 1.16. The number of ether oxygens (including phenoxy) is 3. The Kier molecular flexibility index (Phi) is 12.4. The van der Waals surface area contributed by atoms with Gasteiger partial charge in [0.05, 0.1) is 24.7 Å². The highest BCUT2D eigenvalue weighted by Gasteiger charge is 2.32. The van der Waals surface area contributed by atoms with Gasteiger partial charge in [-0.25, -0.2) is 9.48 Å². The van der Waals surface area contributed by atoms with E-state index < -0.39 is 24.3 Å². The second kappa shape index (κ2) is 16.9. The fourth-order valence-corrected chi connectivity index (χ4v) is 5.99. The van der Waals surface area contributed by atoms with Gasteiger partial charge >= 0.3 is 12.3 Å². The molecular weight excluding hydrogens is 673 g/mol. The molecule has 3 aromatic carbocycles. The summed E-state index contributed by atoms with van der Waals surface area (Å²) in [7, 11) is 1.51. The number of rotatable bonds is 12. The fourth-order valence-electron chi connectivity index (χ4n) is 5.99. The molecule has 0 spiro atoms. The molecule has 1 aromatic heterocycles. The van der Waals surface area contributed by atoms with E-state index in [1.807, 2.05) is 22.9 Å². The molecule has 12 heteroatoms. The molecule has 276 valence electrons. The van der Waals surface area contributed by atoms with E-state index in [1.54, 1.807) is 87.6 Å². The van der Waals surface area contributed by atoms with Gasteiger partial charge in [0, 0.05) is 31.7 Å². The number of nitrogens with one attached hydrogen (secondary N) is 1. The van der Waals surface area contributed by atoms with E-state index in [0.717, 1.165) is 30.2 Å². The summed E-state index contributed by atoms with van der Waals surface area (Å²) in [6, 6.07) is 21.1. The minimum absolute atomic E-state index is 0.101. The Bertz CT molecular complexity index is 1870. The number of hydrogen-bond acceptors (Lipinski definition) is 6. The molecule has 0 aliphatic carbocycles. The lowest BCUT2D eigenvalue weighted by molar-refractivity contribution is -0.123. The molecule has 0 bridgehead atoms. The van der Waals surface area contributed by atoms with Gasteiger partial charge < -0.3 is 24.4 Å². The summed E-state index contributed by atoms with van der Waals surface area (Å²) in [5, 5.41) is 7.87. The third kappa shape index (κ3) is 10.5. The Morgan fingerprint density at radius 2 is 1.73 bits per heavy atom. The van der Waals surface area contributed by atoms with Gasteiger partial charge in [-0.3, -0.25) is 4.79 Å². The predicted octanol–water partition coefficient (Wildman–Crippen LogP) is 8.57. The van der Waals surface area contributed by atoms with Crippen molar-refractivity contribution >= 4 is 34.0 Å². The maximum Gasteiger partial charge on any atom is 0.410 e. The minimum Gasteiger partial charge on any atom is -0.492 e. The van der Waals surface area contributed by atoms with Gasteiger partial charge in [0.2, 0.25) is 5.91 Å². The Hall–Kier alpha value is -5.10. The Balaban J connectivity index is 1.45. The van der Waals surface area contributed by atoms with Crippen LogP contribution in [0.15, 0.2) is 91.1 Å². The van der Waals surface area contributed by atoms with E-state index in [-0.39, 0.29) is 37.4 Å². The second-order valence-corrected chi connectivity index (χ2v) is 13.5. The molecule has 52 heavy (non-hydrogen) atoms. The average Bonchev–Trinajstić information content (AvgIpc) is 3.54. The molecule has 1 fully saturated rings. The fraction of sp³-hybridized carbons (Fsp3) is 0.375. The smallest absolute Gasteiger partial charge is 0.410 e. The van der Waals surface area contributed by atoms with E-state index in [1.165, 1.54) is 18.0 Å². The zero-order chi connectivity index (χ0) is 37.3. The zero-order valence-electron chi connectivity index (χ0n) is 29.9. The van der Waals surface area contributed by atoms with Crippen molar-refractivity contribution in [2.45, 2.75) is 64.5 Å². The van der Waals surface area contributed by atoms with Crippen molar-refractivity contribution in [3.05, 3.63) is 108 Å². The SMILES string of the molecule is CNC(=O)/C=C/CN(CCOc1ccc(/C(=C(/CC(F)(F)F)c2ccccc2)c2ccc3c(cnn3C3CCCCO3)c2)cc1)C(=O)OC(C)(C)C. The summed E-state index contributed by atoms with van der Waals surface area (Å²) >= 11 is 0. The van der Waals surface area contributed by atoms with Crippen LogP contribution >= 0.6 is 0 Å². The molecule has 1 N–H and O–H groups in total. The van der Waals surface area contributed by atoms with Crippen molar-refractivity contribution in [1.29, 1.82) is 0 Å². The van der Waals surface area contributed by atoms with Gasteiger partial charge in [0.1, 0.15) is 18.0 Å². The van der Waals surface area contributed by atoms with Crippen molar-refractivity contribution < 1.29 is 37.0 Å². The van der Waals surface area contributed by atoms with Crippen molar-refractivity contribution in [2.24, 2.45) is 0 Å². The molecule has 0 radical (unpaired) electrons. The van der Waals surface area contributed by atoms with Gasteiger partial charge in [-0.05, 0) is 92.1 Å². The van der Waals surface area contributed by atoms with Gasteiger partial charge in [0.25, 0.3) is 0 Å². The van der Waals surface area contributed by atoms with Crippen LogP contribution in [0.5, 0.6) is 5.75 Å². The first-order valence-corrected chi connectivity index (χ1v) is 17.4. The van der Waals surface area contributed by atoms with Crippen molar-refractivity contribution in [1.82, 2.24) is 20.0 Å². The highest BCUT2D eigenvalue weighted by atomic mass is 19.4. The average molecular weight is 719 g/mol. The molecule has 2 heterocycles. The number of hydrogen-bond donors (Lipinski definition) is 1. The van der Waals surface area contributed by atoms with E-state index in [4.69, 9.17) is 14.2 Å². The molecule has 9 nitrogen and oxygen atoms in total. The van der Waals surface area contributed by atoms with Gasteiger partial charge in [-0.2, -0.15) is 18.3 Å². The van der Waals surface area contributed by atoms with Crippen LogP contribution in [0.25, 0.3) is 22.0 Å².